The van der Waals surface area contributed by atoms with Gasteiger partial charge in [0.15, 0.2) is 16.6 Å². The molecular formula is C29H30N2O7S. The lowest BCUT2D eigenvalue weighted by Gasteiger charge is -2.24. The number of aliphatic hydroxyl groups is 1. The highest BCUT2D eigenvalue weighted by Crippen LogP contribution is 2.45. The third-order valence-electron chi connectivity index (χ3n) is 6.10. The summed E-state index contributed by atoms with van der Waals surface area (Å²) in [6, 6.07) is 11.0. The highest BCUT2D eigenvalue weighted by atomic mass is 32.1. The number of aromatic nitrogens is 1. The van der Waals surface area contributed by atoms with Gasteiger partial charge in [0, 0.05) is 5.56 Å². The first kappa shape index (κ1) is 27.8. The fourth-order valence-electron chi connectivity index (χ4n) is 4.32. The molecule has 4 rings (SSSR count). The molecule has 1 fully saturated rings. The van der Waals surface area contributed by atoms with Crippen LogP contribution in [0.2, 0.25) is 0 Å². The van der Waals surface area contributed by atoms with Crippen LogP contribution in [-0.2, 0) is 14.3 Å². The number of ether oxygens (including phenoxy) is 3. The molecule has 1 aromatic heterocycles. The molecule has 2 heterocycles. The van der Waals surface area contributed by atoms with Gasteiger partial charge < -0.3 is 19.3 Å². The van der Waals surface area contributed by atoms with E-state index in [0.717, 1.165) is 16.9 Å². The summed E-state index contributed by atoms with van der Waals surface area (Å²) < 4.78 is 16.6. The fraction of sp³-hybridized carbons (Fsp3) is 0.310. The van der Waals surface area contributed by atoms with E-state index in [4.69, 9.17) is 14.2 Å². The van der Waals surface area contributed by atoms with Gasteiger partial charge in [0.25, 0.3) is 5.78 Å². The van der Waals surface area contributed by atoms with Crippen LogP contribution in [0, 0.1) is 13.8 Å². The van der Waals surface area contributed by atoms with Gasteiger partial charge in [-0.25, -0.2) is 9.78 Å². The maximum Gasteiger partial charge on any atom is 0.350 e. The van der Waals surface area contributed by atoms with E-state index in [1.165, 1.54) is 4.90 Å². The lowest BCUT2D eigenvalue weighted by molar-refractivity contribution is -0.132. The smallest absolute Gasteiger partial charge is 0.350 e. The molecule has 39 heavy (non-hydrogen) atoms. The zero-order valence-corrected chi connectivity index (χ0v) is 23.3. The first-order valence-corrected chi connectivity index (χ1v) is 13.4. The topological polar surface area (TPSA) is 115 Å². The number of aryl methyl sites for hydroxylation is 2. The first-order chi connectivity index (χ1) is 18.7. The number of amides is 1. The Balaban J connectivity index is 1.94. The number of Topliss-reactive ketones (excluding diaryl/α,β-unsaturated/α-hetero) is 1. The van der Waals surface area contributed by atoms with Crippen molar-refractivity contribution in [3.63, 3.8) is 0 Å². The summed E-state index contributed by atoms with van der Waals surface area (Å²) in [6.45, 7) is 9.88. The van der Waals surface area contributed by atoms with Gasteiger partial charge in [0.1, 0.15) is 10.6 Å². The van der Waals surface area contributed by atoms with Crippen LogP contribution in [0.4, 0.5) is 5.13 Å². The van der Waals surface area contributed by atoms with Crippen molar-refractivity contribution in [3.8, 4) is 11.5 Å². The predicted octanol–water partition coefficient (Wildman–Crippen LogP) is 5.36. The van der Waals surface area contributed by atoms with Crippen molar-refractivity contribution in [1.82, 2.24) is 4.98 Å². The average molecular weight is 551 g/mol. The number of rotatable bonds is 9. The molecule has 0 radical (unpaired) electrons. The number of esters is 1. The maximum absolute atomic E-state index is 13.5. The largest absolute Gasteiger partial charge is 0.507 e. The Morgan fingerprint density at radius 3 is 2.28 bits per heavy atom. The number of hydrogen-bond acceptors (Lipinski definition) is 9. The molecule has 1 atom stereocenters. The molecule has 1 aliphatic rings. The second kappa shape index (κ2) is 11.7. The summed E-state index contributed by atoms with van der Waals surface area (Å²) in [5.74, 6) is -1.67. The predicted molar refractivity (Wildman–Crippen MR) is 148 cm³/mol. The summed E-state index contributed by atoms with van der Waals surface area (Å²) in [7, 11) is 0. The first-order valence-electron chi connectivity index (χ1n) is 12.6. The second-order valence-electron chi connectivity index (χ2n) is 8.74. The summed E-state index contributed by atoms with van der Waals surface area (Å²) in [4.78, 5) is 45.4. The molecule has 1 unspecified atom stereocenters. The molecule has 1 N–H and O–H groups in total. The molecule has 204 valence electrons. The molecule has 3 aromatic rings. The number of thiazole rings is 1. The zero-order valence-electron chi connectivity index (χ0n) is 22.4. The van der Waals surface area contributed by atoms with Crippen molar-refractivity contribution in [3.05, 3.63) is 75.3 Å². The summed E-state index contributed by atoms with van der Waals surface area (Å²) in [5.41, 5.74) is 2.14. The lowest BCUT2D eigenvalue weighted by atomic mass is 9.95. The van der Waals surface area contributed by atoms with Gasteiger partial charge in [0.2, 0.25) is 0 Å². The highest BCUT2D eigenvalue weighted by molar-refractivity contribution is 7.17. The molecule has 1 amide bonds. The van der Waals surface area contributed by atoms with Crippen LogP contribution in [0.3, 0.4) is 0 Å². The SMILES string of the molecule is CCOC(=O)c1sc(N2C(=O)C(=O)/C(=C(/O)c3ccc(C)cc3)C2c2ccc(OCC)c(OCC)c2)nc1C. The maximum atomic E-state index is 13.5. The van der Waals surface area contributed by atoms with Crippen LogP contribution >= 0.6 is 11.3 Å². The molecule has 1 saturated heterocycles. The van der Waals surface area contributed by atoms with E-state index in [0.29, 0.717) is 41.5 Å². The Morgan fingerprint density at radius 2 is 1.64 bits per heavy atom. The number of benzene rings is 2. The van der Waals surface area contributed by atoms with E-state index in [2.05, 4.69) is 4.98 Å². The van der Waals surface area contributed by atoms with Crippen LogP contribution in [0.5, 0.6) is 11.5 Å². The van der Waals surface area contributed by atoms with E-state index in [1.807, 2.05) is 20.8 Å². The lowest BCUT2D eigenvalue weighted by Crippen LogP contribution is -2.29. The average Bonchev–Trinajstić information content (AvgIpc) is 3.42. The van der Waals surface area contributed by atoms with Gasteiger partial charge in [-0.15, -0.1) is 0 Å². The van der Waals surface area contributed by atoms with Crippen molar-refractivity contribution in [2.24, 2.45) is 0 Å². The minimum Gasteiger partial charge on any atom is -0.507 e. The Morgan fingerprint density at radius 1 is 0.974 bits per heavy atom. The number of carbonyl (C=O) groups is 3. The van der Waals surface area contributed by atoms with Crippen molar-refractivity contribution >= 4 is 39.9 Å². The van der Waals surface area contributed by atoms with Crippen LogP contribution in [-0.4, -0.2) is 47.6 Å². The van der Waals surface area contributed by atoms with E-state index in [-0.39, 0.29) is 27.9 Å². The summed E-state index contributed by atoms with van der Waals surface area (Å²) in [5, 5.41) is 11.5. The van der Waals surface area contributed by atoms with E-state index in [1.54, 1.807) is 56.3 Å². The molecule has 2 aromatic carbocycles. The number of carbonyl (C=O) groups excluding carboxylic acids is 3. The van der Waals surface area contributed by atoms with E-state index >= 15 is 0 Å². The molecule has 9 nitrogen and oxygen atoms in total. The summed E-state index contributed by atoms with van der Waals surface area (Å²) in [6.07, 6.45) is 0. The van der Waals surface area contributed by atoms with Gasteiger partial charge >= 0.3 is 11.9 Å². The molecule has 0 aliphatic carbocycles. The van der Waals surface area contributed by atoms with Crippen LogP contribution in [0.1, 0.15) is 58.9 Å². The monoisotopic (exact) mass is 550 g/mol. The Labute approximate surface area is 230 Å². The van der Waals surface area contributed by atoms with Gasteiger partial charge in [-0.1, -0.05) is 47.2 Å². The number of hydrogen-bond donors (Lipinski definition) is 1. The zero-order chi connectivity index (χ0) is 28.3. The van der Waals surface area contributed by atoms with E-state index in [9.17, 15) is 19.5 Å². The van der Waals surface area contributed by atoms with Gasteiger partial charge in [-0.05, 0) is 52.3 Å². The number of ketones is 1. The third kappa shape index (κ3) is 5.37. The Bertz CT molecular complexity index is 1440. The highest BCUT2D eigenvalue weighted by Gasteiger charge is 2.48. The number of anilines is 1. The minimum absolute atomic E-state index is 0.0963. The van der Waals surface area contributed by atoms with Gasteiger partial charge in [-0.3, -0.25) is 14.5 Å². The van der Waals surface area contributed by atoms with Crippen LogP contribution in [0.25, 0.3) is 5.76 Å². The number of nitrogens with zero attached hydrogens (tertiary/aromatic N) is 2. The number of aliphatic hydroxyl groups excluding tert-OH is 1. The third-order valence-corrected chi connectivity index (χ3v) is 7.24. The second-order valence-corrected chi connectivity index (χ2v) is 9.72. The van der Waals surface area contributed by atoms with Gasteiger partial charge in [-0.2, -0.15) is 0 Å². The van der Waals surface area contributed by atoms with Gasteiger partial charge in [0.05, 0.1) is 37.1 Å². The Kier molecular flexibility index (Phi) is 8.35. The fourth-order valence-corrected chi connectivity index (χ4v) is 5.31. The molecule has 1 aliphatic heterocycles. The van der Waals surface area contributed by atoms with Crippen LogP contribution in [0.15, 0.2) is 48.0 Å². The van der Waals surface area contributed by atoms with Crippen molar-refractivity contribution in [2.75, 3.05) is 24.7 Å². The van der Waals surface area contributed by atoms with Crippen molar-refractivity contribution in [1.29, 1.82) is 0 Å². The summed E-state index contributed by atoms with van der Waals surface area (Å²) >= 11 is 0.953. The molecule has 0 spiro atoms. The molecular weight excluding hydrogens is 520 g/mol. The standard InChI is InChI=1S/C29H30N2O7S/c1-6-36-20-14-13-19(15-21(20)37-7-2)23-22(24(32)18-11-9-16(4)10-12-18)25(33)27(34)31(23)29-30-17(5)26(39-29)28(35)38-8-3/h9-15,23,32H,6-8H2,1-5H3/b24-22+. The molecule has 0 bridgehead atoms. The Hall–Kier alpha value is -4.18. The molecule has 0 saturated carbocycles. The normalized spacial score (nSPS) is 16.4. The van der Waals surface area contributed by atoms with Crippen molar-refractivity contribution < 1.29 is 33.7 Å². The quantitative estimate of drug-likeness (QED) is 0.164. The van der Waals surface area contributed by atoms with E-state index < -0.39 is 23.7 Å². The minimum atomic E-state index is -1.04. The molecule has 10 heteroatoms. The van der Waals surface area contributed by atoms with Crippen molar-refractivity contribution in [2.45, 2.75) is 40.7 Å². The van der Waals surface area contributed by atoms with Crippen LogP contribution < -0.4 is 14.4 Å².